The van der Waals surface area contributed by atoms with Crippen LogP contribution >= 0.6 is 0 Å². The molecule has 0 bridgehead atoms. The molecular weight excluding hydrogens is 216 g/mol. The first-order valence-corrected chi connectivity index (χ1v) is 4.60. The predicted octanol–water partition coefficient (Wildman–Crippen LogP) is 2.76. The van der Waals surface area contributed by atoms with Crippen molar-refractivity contribution >= 4 is 5.97 Å². The Morgan fingerprint density at radius 1 is 1.56 bits per heavy atom. The molecule has 0 saturated carbocycles. The molecule has 0 aliphatic carbocycles. The van der Waals surface area contributed by atoms with Crippen molar-refractivity contribution in [3.05, 3.63) is 34.4 Å². The molecule has 0 aliphatic rings. The number of carbonyl (C=O) groups is 1. The van der Waals surface area contributed by atoms with Gasteiger partial charge in [0.15, 0.2) is 0 Å². The molecule has 3 nitrogen and oxygen atoms in total. The second-order valence-corrected chi connectivity index (χ2v) is 3.13. The molecule has 0 fully saturated rings. The topological polar surface area (TPSA) is 61.1 Å². The van der Waals surface area contributed by atoms with Crippen molar-refractivity contribution in [1.82, 2.24) is 0 Å². The lowest BCUT2D eigenvalue weighted by Gasteiger charge is -2.10. The quantitative estimate of drug-likeness (QED) is 0.860. The number of halogens is 2. The first-order valence-electron chi connectivity index (χ1n) is 4.60. The van der Waals surface area contributed by atoms with Gasteiger partial charge < -0.3 is 5.11 Å². The number of benzene rings is 1. The second kappa shape index (κ2) is 4.71. The molecule has 0 amide bonds. The minimum absolute atomic E-state index is 0.0940. The molecule has 16 heavy (non-hydrogen) atoms. The molecule has 0 aliphatic heterocycles. The van der Waals surface area contributed by atoms with E-state index in [0.29, 0.717) is 0 Å². The van der Waals surface area contributed by atoms with Gasteiger partial charge in [-0.25, -0.2) is 13.6 Å². The Balaban J connectivity index is 3.54. The molecule has 0 unspecified atom stereocenters. The lowest BCUT2D eigenvalue weighted by molar-refractivity contribution is 0.0695. The summed E-state index contributed by atoms with van der Waals surface area (Å²) in [7, 11) is 0. The largest absolute Gasteiger partial charge is 0.478 e. The maximum Gasteiger partial charge on any atom is 0.336 e. The van der Waals surface area contributed by atoms with E-state index in [2.05, 4.69) is 0 Å². The van der Waals surface area contributed by atoms with Crippen LogP contribution in [0.25, 0.3) is 0 Å². The summed E-state index contributed by atoms with van der Waals surface area (Å²) in [6, 6.07) is 3.75. The zero-order valence-electron chi connectivity index (χ0n) is 8.50. The minimum atomic E-state index is -2.78. The summed E-state index contributed by atoms with van der Waals surface area (Å²) in [5, 5.41) is 17.7. The number of hydrogen-bond acceptors (Lipinski definition) is 2. The number of carboxylic acids is 1. The van der Waals surface area contributed by atoms with Crippen LogP contribution in [0, 0.1) is 11.3 Å². The summed E-state index contributed by atoms with van der Waals surface area (Å²) in [5.41, 5.74) is -0.571. The van der Waals surface area contributed by atoms with E-state index in [1.165, 1.54) is 0 Å². The summed E-state index contributed by atoms with van der Waals surface area (Å²) < 4.78 is 25.1. The summed E-state index contributed by atoms with van der Waals surface area (Å²) in [4.78, 5) is 10.8. The van der Waals surface area contributed by atoms with Crippen LogP contribution in [0.5, 0.6) is 0 Å². The third kappa shape index (κ3) is 2.01. The van der Waals surface area contributed by atoms with Gasteiger partial charge in [-0.1, -0.05) is 13.0 Å². The summed E-state index contributed by atoms with van der Waals surface area (Å²) >= 11 is 0. The lowest BCUT2D eigenvalue weighted by Crippen LogP contribution is -2.06. The van der Waals surface area contributed by atoms with E-state index < -0.39 is 18.0 Å². The van der Waals surface area contributed by atoms with E-state index in [4.69, 9.17) is 10.4 Å². The Labute approximate surface area is 90.9 Å². The fraction of sp³-hybridized carbons (Fsp3) is 0.273. The van der Waals surface area contributed by atoms with Gasteiger partial charge >= 0.3 is 5.97 Å². The van der Waals surface area contributed by atoms with E-state index in [0.717, 1.165) is 12.1 Å². The van der Waals surface area contributed by atoms with Crippen molar-refractivity contribution in [2.75, 3.05) is 0 Å². The molecular formula is C11H9F2NO2. The predicted molar refractivity (Wildman–Crippen MR) is 52.5 cm³/mol. The minimum Gasteiger partial charge on any atom is -0.478 e. The molecule has 84 valence electrons. The van der Waals surface area contributed by atoms with Gasteiger partial charge in [-0.2, -0.15) is 5.26 Å². The van der Waals surface area contributed by atoms with Crippen LogP contribution in [0.15, 0.2) is 12.1 Å². The average molecular weight is 225 g/mol. The van der Waals surface area contributed by atoms with Crippen LogP contribution in [-0.2, 0) is 6.42 Å². The van der Waals surface area contributed by atoms with Gasteiger partial charge in [0.25, 0.3) is 6.43 Å². The lowest BCUT2D eigenvalue weighted by atomic mass is 9.95. The van der Waals surface area contributed by atoms with Gasteiger partial charge in [0.05, 0.1) is 17.2 Å². The molecule has 1 rings (SSSR count). The zero-order chi connectivity index (χ0) is 12.3. The highest BCUT2D eigenvalue weighted by atomic mass is 19.3. The maximum absolute atomic E-state index is 12.6. The van der Waals surface area contributed by atoms with Crippen molar-refractivity contribution in [3.8, 4) is 6.07 Å². The molecule has 0 heterocycles. The maximum atomic E-state index is 12.6. The first kappa shape index (κ1) is 12.1. The average Bonchev–Trinajstić information content (AvgIpc) is 2.26. The third-order valence-corrected chi connectivity index (χ3v) is 2.28. The fourth-order valence-electron chi connectivity index (χ4n) is 1.55. The Bertz CT molecular complexity index is 464. The van der Waals surface area contributed by atoms with Crippen LogP contribution in [0.3, 0.4) is 0 Å². The Kier molecular flexibility index (Phi) is 3.56. The fourth-order valence-corrected chi connectivity index (χ4v) is 1.55. The standard InChI is InChI=1S/C11H9F2NO2/c1-2-6-8(11(15)16)4-3-7(10(12)13)9(6)5-14/h3-4,10H,2H2,1H3,(H,15,16). The molecule has 1 aromatic rings. The van der Waals surface area contributed by atoms with Crippen LogP contribution < -0.4 is 0 Å². The first-order chi connectivity index (χ1) is 7.52. The number of nitriles is 1. The Morgan fingerprint density at radius 2 is 2.19 bits per heavy atom. The highest BCUT2D eigenvalue weighted by Gasteiger charge is 2.20. The highest BCUT2D eigenvalue weighted by Crippen LogP contribution is 2.27. The number of alkyl halides is 2. The normalized spacial score (nSPS) is 10.2. The van der Waals surface area contributed by atoms with Gasteiger partial charge in [0, 0.05) is 5.56 Å². The van der Waals surface area contributed by atoms with Gasteiger partial charge in [-0.15, -0.1) is 0 Å². The SMILES string of the molecule is CCc1c(C(=O)O)ccc(C(F)F)c1C#N. The summed E-state index contributed by atoms with van der Waals surface area (Å²) in [5.74, 6) is -1.21. The summed E-state index contributed by atoms with van der Waals surface area (Å²) in [6.07, 6.45) is -2.55. The van der Waals surface area contributed by atoms with Crippen molar-refractivity contribution in [2.24, 2.45) is 0 Å². The molecule has 5 heteroatoms. The van der Waals surface area contributed by atoms with Gasteiger partial charge in [-0.3, -0.25) is 0 Å². The Morgan fingerprint density at radius 3 is 2.56 bits per heavy atom. The zero-order valence-corrected chi connectivity index (χ0v) is 8.50. The van der Waals surface area contributed by atoms with Crippen molar-refractivity contribution in [3.63, 3.8) is 0 Å². The molecule has 0 spiro atoms. The van der Waals surface area contributed by atoms with E-state index in [1.54, 1.807) is 13.0 Å². The van der Waals surface area contributed by atoms with E-state index >= 15 is 0 Å². The van der Waals surface area contributed by atoms with Crippen molar-refractivity contribution in [2.45, 2.75) is 19.8 Å². The summed E-state index contributed by atoms with van der Waals surface area (Å²) in [6.45, 7) is 1.62. The van der Waals surface area contributed by atoms with Crippen LogP contribution in [0.1, 0.15) is 40.4 Å². The number of aromatic carboxylic acids is 1. The van der Waals surface area contributed by atoms with Gasteiger partial charge in [-0.05, 0) is 18.1 Å². The molecule has 0 atom stereocenters. The highest BCUT2D eigenvalue weighted by molar-refractivity contribution is 5.90. The van der Waals surface area contributed by atoms with E-state index in [-0.39, 0.29) is 23.1 Å². The van der Waals surface area contributed by atoms with Crippen molar-refractivity contribution in [1.29, 1.82) is 5.26 Å². The number of nitrogens with zero attached hydrogens (tertiary/aromatic N) is 1. The molecule has 1 aromatic carbocycles. The third-order valence-electron chi connectivity index (χ3n) is 2.28. The molecule has 0 aromatic heterocycles. The van der Waals surface area contributed by atoms with E-state index in [9.17, 15) is 13.6 Å². The second-order valence-electron chi connectivity index (χ2n) is 3.13. The van der Waals surface area contributed by atoms with Crippen molar-refractivity contribution < 1.29 is 18.7 Å². The van der Waals surface area contributed by atoms with Crippen LogP contribution in [-0.4, -0.2) is 11.1 Å². The monoisotopic (exact) mass is 225 g/mol. The van der Waals surface area contributed by atoms with Crippen LogP contribution in [0.2, 0.25) is 0 Å². The van der Waals surface area contributed by atoms with Gasteiger partial charge in [0.1, 0.15) is 0 Å². The smallest absolute Gasteiger partial charge is 0.336 e. The molecule has 0 radical (unpaired) electrons. The molecule has 1 N–H and O–H groups in total. The van der Waals surface area contributed by atoms with E-state index in [1.807, 2.05) is 0 Å². The van der Waals surface area contributed by atoms with Crippen LogP contribution in [0.4, 0.5) is 8.78 Å². The molecule has 0 saturated heterocycles. The number of hydrogen-bond donors (Lipinski definition) is 1. The Hall–Kier alpha value is -1.96. The van der Waals surface area contributed by atoms with Gasteiger partial charge in [0.2, 0.25) is 0 Å². The number of rotatable bonds is 3. The number of carboxylic acid groups (broad SMARTS) is 1.